The van der Waals surface area contributed by atoms with Gasteiger partial charge in [0.25, 0.3) is 0 Å². The average Bonchev–Trinajstić information content (AvgIpc) is 3.08. The Morgan fingerprint density at radius 2 is 1.16 bits per heavy atom. The predicted molar refractivity (Wildman–Crippen MR) is 202 cm³/mol. The molecule has 1 aliphatic heterocycles. The van der Waals surface area contributed by atoms with Gasteiger partial charge in [0, 0.05) is 0 Å². The lowest BCUT2D eigenvalue weighted by molar-refractivity contribution is 0.0734. The van der Waals surface area contributed by atoms with E-state index in [1.54, 1.807) is 12.1 Å². The maximum atomic E-state index is 12.7. The maximum absolute atomic E-state index is 12.7. The summed E-state index contributed by atoms with van der Waals surface area (Å²) in [6.07, 6.45) is 9.20. The highest BCUT2D eigenvalue weighted by molar-refractivity contribution is 6.81. The largest absolute Gasteiger partial charge is 0.494 e. The molecule has 0 aliphatic carbocycles. The van der Waals surface area contributed by atoms with Crippen molar-refractivity contribution in [1.82, 2.24) is 0 Å². The molecule has 3 radical (unpaired) electrons. The second-order valence-electron chi connectivity index (χ2n) is 12.9. The third kappa shape index (κ3) is 13.9. The fourth-order valence-electron chi connectivity index (χ4n) is 5.49. The van der Waals surface area contributed by atoms with Gasteiger partial charge in [0.1, 0.15) is 17.2 Å². The minimum absolute atomic E-state index is 0.395. The summed E-state index contributed by atoms with van der Waals surface area (Å²) in [7, 11) is -6.08. The smallest absolute Gasteiger partial charge is 0.362 e. The van der Waals surface area contributed by atoms with Crippen molar-refractivity contribution in [2.75, 3.05) is 13.2 Å². The Bertz CT molecular complexity index is 1380. The second kappa shape index (κ2) is 20.3. The SMILES string of the molecule is CCC(C)COc1ccc(-c2ccc(OC(=O)c3ccc(OCCCCCCCCC[Si]4(C)O[Si](C)O[Si](C)O[Si](C)O4)cc3)cc2)cc1. The topological polar surface area (TPSA) is 81.7 Å². The van der Waals surface area contributed by atoms with Gasteiger partial charge < -0.3 is 30.7 Å². The molecule has 1 heterocycles. The van der Waals surface area contributed by atoms with Crippen LogP contribution in [0.4, 0.5) is 0 Å². The quantitative estimate of drug-likeness (QED) is 0.0553. The number of esters is 1. The lowest BCUT2D eigenvalue weighted by Gasteiger charge is -2.35. The van der Waals surface area contributed by atoms with Crippen LogP contribution in [0.2, 0.25) is 32.2 Å². The van der Waals surface area contributed by atoms with E-state index in [1.807, 2.05) is 80.3 Å². The van der Waals surface area contributed by atoms with Crippen molar-refractivity contribution in [1.29, 1.82) is 0 Å². The number of unbranched alkanes of at least 4 members (excludes halogenated alkanes) is 6. The van der Waals surface area contributed by atoms with E-state index >= 15 is 0 Å². The van der Waals surface area contributed by atoms with E-state index in [2.05, 4.69) is 20.4 Å². The summed E-state index contributed by atoms with van der Waals surface area (Å²) in [5, 5.41) is 0. The molecule has 12 heteroatoms. The molecule has 1 aliphatic rings. The van der Waals surface area contributed by atoms with Gasteiger partial charge in [-0.05, 0) is 104 Å². The first-order valence-corrected chi connectivity index (χ1v) is 25.6. The van der Waals surface area contributed by atoms with Crippen LogP contribution in [0.25, 0.3) is 11.1 Å². The van der Waals surface area contributed by atoms with Crippen molar-refractivity contribution in [3.05, 3.63) is 78.4 Å². The Hall–Kier alpha value is -2.56. The highest BCUT2D eigenvalue weighted by Crippen LogP contribution is 2.26. The van der Waals surface area contributed by atoms with Crippen LogP contribution in [-0.4, -0.2) is 55.6 Å². The van der Waals surface area contributed by atoms with E-state index in [-0.39, 0.29) is 0 Å². The summed E-state index contributed by atoms with van der Waals surface area (Å²) in [6.45, 7) is 14.0. The number of hydrogen-bond acceptors (Lipinski definition) is 8. The normalized spacial score (nSPS) is 16.4. The minimum atomic E-state index is -2.23. The van der Waals surface area contributed by atoms with Gasteiger partial charge in [-0.1, -0.05) is 83.1 Å². The Labute approximate surface area is 300 Å². The molecule has 0 aromatic heterocycles. The molecule has 8 nitrogen and oxygen atoms in total. The van der Waals surface area contributed by atoms with Crippen LogP contribution in [0.15, 0.2) is 72.8 Å². The van der Waals surface area contributed by atoms with Crippen molar-refractivity contribution in [3.63, 3.8) is 0 Å². The molecule has 0 spiro atoms. The maximum Gasteiger partial charge on any atom is 0.362 e. The summed E-state index contributed by atoms with van der Waals surface area (Å²) in [5.74, 6) is 2.27. The number of benzene rings is 3. The first-order chi connectivity index (χ1) is 23.6. The van der Waals surface area contributed by atoms with E-state index in [4.69, 9.17) is 30.7 Å². The van der Waals surface area contributed by atoms with Gasteiger partial charge in [0.05, 0.1) is 18.8 Å². The van der Waals surface area contributed by atoms with Gasteiger partial charge in [0.2, 0.25) is 0 Å². The molecule has 0 saturated carbocycles. The van der Waals surface area contributed by atoms with Gasteiger partial charge in [-0.2, -0.15) is 0 Å². The van der Waals surface area contributed by atoms with Crippen LogP contribution in [-0.2, 0) is 16.5 Å². The Morgan fingerprint density at radius 3 is 1.73 bits per heavy atom. The van der Waals surface area contributed by atoms with Gasteiger partial charge in [0.15, 0.2) is 0 Å². The lowest BCUT2D eigenvalue weighted by Crippen LogP contribution is -2.52. The van der Waals surface area contributed by atoms with E-state index in [0.29, 0.717) is 23.8 Å². The van der Waals surface area contributed by atoms with Crippen LogP contribution in [0, 0.1) is 5.92 Å². The number of ether oxygens (including phenoxy) is 3. The monoisotopic (exact) mass is 737 g/mol. The molecule has 0 amide bonds. The van der Waals surface area contributed by atoms with Crippen LogP contribution in [0.1, 0.15) is 75.6 Å². The van der Waals surface area contributed by atoms with E-state index < -0.39 is 42.4 Å². The second-order valence-corrected chi connectivity index (χ2v) is 21.9. The zero-order valence-corrected chi connectivity index (χ0v) is 34.0. The number of hydrogen-bond donors (Lipinski definition) is 0. The summed E-state index contributed by atoms with van der Waals surface area (Å²) < 4.78 is 41.9. The number of carbonyl (C=O) groups is 1. The van der Waals surface area contributed by atoms with Crippen molar-refractivity contribution < 1.29 is 35.5 Å². The van der Waals surface area contributed by atoms with Crippen LogP contribution >= 0.6 is 0 Å². The van der Waals surface area contributed by atoms with Crippen LogP contribution in [0.5, 0.6) is 17.2 Å². The molecule has 3 aromatic carbocycles. The molecule has 3 aromatic rings. The molecule has 4 rings (SSSR count). The summed E-state index contributed by atoms with van der Waals surface area (Å²) >= 11 is 0. The number of carbonyl (C=O) groups excluding carboxylic acids is 1. The fraction of sp³-hybridized carbons (Fsp3) is 0.486. The third-order valence-corrected chi connectivity index (χ3v) is 20.0. The van der Waals surface area contributed by atoms with Crippen LogP contribution in [0.3, 0.4) is 0 Å². The van der Waals surface area contributed by atoms with Gasteiger partial charge in [-0.15, -0.1) is 0 Å². The molecule has 1 saturated heterocycles. The average molecular weight is 738 g/mol. The van der Waals surface area contributed by atoms with Gasteiger partial charge in [-0.25, -0.2) is 4.79 Å². The third-order valence-electron chi connectivity index (χ3n) is 8.41. The van der Waals surface area contributed by atoms with Crippen molar-refractivity contribution in [3.8, 4) is 28.4 Å². The molecular formula is C37H53O8Si4. The first kappa shape index (κ1) is 39.2. The van der Waals surface area contributed by atoms with Gasteiger partial charge >= 0.3 is 42.4 Å². The molecule has 1 atom stereocenters. The summed E-state index contributed by atoms with van der Waals surface area (Å²) in [4.78, 5) is 12.7. The minimum Gasteiger partial charge on any atom is -0.494 e. The lowest BCUT2D eigenvalue weighted by atomic mass is 10.1. The zero-order chi connectivity index (χ0) is 35.1. The standard InChI is InChI=1S/C37H53O8Si4/c1-7-30(2)29-40-35-21-15-31(16-22-35)32-17-25-36(26-18-32)41-37(38)33-19-23-34(24-20-33)39-27-13-11-9-8-10-12-14-28-49(6)44-47(4)42-46(3)43-48(5)45-49/h15-26,30H,7-14,27-29H2,1-6H3. The summed E-state index contributed by atoms with van der Waals surface area (Å²) in [5.41, 5.74) is 2.60. The Balaban J connectivity index is 1.07. The molecule has 1 unspecified atom stereocenters. The Kier molecular flexibility index (Phi) is 16.3. The number of rotatable bonds is 18. The predicted octanol–water partition coefficient (Wildman–Crippen LogP) is 9.61. The van der Waals surface area contributed by atoms with E-state index in [9.17, 15) is 4.79 Å². The highest BCUT2D eigenvalue weighted by atomic mass is 28.5. The molecule has 0 N–H and O–H groups in total. The van der Waals surface area contributed by atoms with Crippen molar-refractivity contribution in [2.45, 2.75) is 97.4 Å². The molecule has 49 heavy (non-hydrogen) atoms. The van der Waals surface area contributed by atoms with E-state index in [1.165, 1.54) is 25.7 Å². The molecule has 1 fully saturated rings. The molecule has 265 valence electrons. The van der Waals surface area contributed by atoms with Gasteiger partial charge in [-0.3, -0.25) is 0 Å². The first-order valence-electron chi connectivity index (χ1n) is 17.6. The van der Waals surface area contributed by atoms with Crippen molar-refractivity contribution >= 4 is 42.4 Å². The summed E-state index contributed by atoms with van der Waals surface area (Å²) in [6, 6.07) is 23.8. The highest BCUT2D eigenvalue weighted by Gasteiger charge is 2.40. The van der Waals surface area contributed by atoms with Crippen LogP contribution < -0.4 is 14.2 Å². The fourth-order valence-corrected chi connectivity index (χ4v) is 17.5. The Morgan fingerprint density at radius 1 is 0.673 bits per heavy atom. The van der Waals surface area contributed by atoms with E-state index in [0.717, 1.165) is 61.0 Å². The molecular weight excluding hydrogens is 685 g/mol. The zero-order valence-electron chi connectivity index (χ0n) is 30.0. The van der Waals surface area contributed by atoms with Crippen molar-refractivity contribution in [2.24, 2.45) is 5.92 Å². The molecule has 0 bridgehead atoms.